The standard InChI is InChI=1S/C21H16BrNO/c1-24-17-12-10-15(11-13-17)18-14-20(16-6-3-2-4-7-16)23-19(18)8-5-9-21(23)22/h2-14H,1H3. The minimum absolute atomic E-state index is 0.867. The van der Waals surface area contributed by atoms with Crippen LogP contribution in [0.5, 0.6) is 5.75 Å². The topological polar surface area (TPSA) is 13.6 Å². The van der Waals surface area contributed by atoms with E-state index in [1.807, 2.05) is 18.2 Å². The maximum absolute atomic E-state index is 5.27. The van der Waals surface area contributed by atoms with Gasteiger partial charge in [-0.15, -0.1) is 0 Å². The number of rotatable bonds is 3. The largest absolute Gasteiger partial charge is 0.497 e. The lowest BCUT2D eigenvalue weighted by Gasteiger charge is -2.06. The lowest BCUT2D eigenvalue weighted by Crippen LogP contribution is -1.89. The van der Waals surface area contributed by atoms with Crippen molar-refractivity contribution < 1.29 is 4.74 Å². The number of nitrogens with zero attached hydrogens (tertiary/aromatic N) is 1. The second-order valence-corrected chi connectivity index (χ2v) is 6.42. The predicted molar refractivity (Wildman–Crippen MR) is 103 cm³/mol. The van der Waals surface area contributed by atoms with Crippen LogP contribution >= 0.6 is 15.9 Å². The molecule has 0 spiro atoms. The SMILES string of the molecule is COc1ccc(-c2cc(-c3ccccc3)n3c(Br)cccc23)cc1. The van der Waals surface area contributed by atoms with Gasteiger partial charge in [-0.3, -0.25) is 0 Å². The van der Waals surface area contributed by atoms with Gasteiger partial charge in [0.15, 0.2) is 0 Å². The lowest BCUT2D eigenvalue weighted by atomic mass is 10.1. The van der Waals surface area contributed by atoms with Crippen LogP contribution < -0.4 is 4.74 Å². The van der Waals surface area contributed by atoms with E-state index in [9.17, 15) is 0 Å². The molecule has 2 aromatic carbocycles. The Morgan fingerprint density at radius 2 is 1.54 bits per heavy atom. The summed E-state index contributed by atoms with van der Waals surface area (Å²) >= 11 is 3.70. The summed E-state index contributed by atoms with van der Waals surface area (Å²) in [6.07, 6.45) is 0. The van der Waals surface area contributed by atoms with E-state index in [2.05, 4.69) is 81.0 Å². The van der Waals surface area contributed by atoms with Crippen molar-refractivity contribution in [3.8, 4) is 28.1 Å². The summed E-state index contributed by atoms with van der Waals surface area (Å²) in [6, 6.07) is 27.2. The van der Waals surface area contributed by atoms with Crippen molar-refractivity contribution in [2.24, 2.45) is 0 Å². The molecule has 2 heterocycles. The molecular formula is C21H16BrNO. The van der Waals surface area contributed by atoms with Crippen molar-refractivity contribution in [3.05, 3.63) is 83.5 Å². The molecule has 0 fully saturated rings. The number of ether oxygens (including phenoxy) is 1. The molecule has 0 amide bonds. The van der Waals surface area contributed by atoms with Crippen molar-refractivity contribution in [2.75, 3.05) is 7.11 Å². The third kappa shape index (κ3) is 2.51. The molecule has 0 saturated heterocycles. The molecule has 4 rings (SSSR count). The van der Waals surface area contributed by atoms with E-state index in [0.29, 0.717) is 0 Å². The molecule has 24 heavy (non-hydrogen) atoms. The lowest BCUT2D eigenvalue weighted by molar-refractivity contribution is 0.415. The smallest absolute Gasteiger partial charge is 0.118 e. The van der Waals surface area contributed by atoms with Gasteiger partial charge in [0, 0.05) is 5.56 Å². The van der Waals surface area contributed by atoms with Gasteiger partial charge in [-0.1, -0.05) is 48.5 Å². The van der Waals surface area contributed by atoms with E-state index >= 15 is 0 Å². The van der Waals surface area contributed by atoms with Crippen molar-refractivity contribution in [3.63, 3.8) is 0 Å². The van der Waals surface area contributed by atoms with Crippen LogP contribution in [0.1, 0.15) is 0 Å². The van der Waals surface area contributed by atoms with Gasteiger partial charge < -0.3 is 9.14 Å². The average Bonchev–Trinajstić information content (AvgIpc) is 3.04. The first-order valence-corrected chi connectivity index (χ1v) is 8.57. The molecule has 0 radical (unpaired) electrons. The molecule has 4 aromatic rings. The Bertz CT molecular complexity index is 988. The Labute approximate surface area is 149 Å². The van der Waals surface area contributed by atoms with Gasteiger partial charge in [0.1, 0.15) is 5.75 Å². The minimum atomic E-state index is 0.867. The fraction of sp³-hybridized carbons (Fsp3) is 0.0476. The zero-order valence-electron chi connectivity index (χ0n) is 13.2. The number of benzene rings is 2. The van der Waals surface area contributed by atoms with Gasteiger partial charge >= 0.3 is 0 Å². The predicted octanol–water partition coefficient (Wildman–Crippen LogP) is 6.04. The highest BCUT2D eigenvalue weighted by Crippen LogP contribution is 2.35. The van der Waals surface area contributed by atoms with E-state index in [0.717, 1.165) is 10.4 Å². The second-order valence-electron chi connectivity index (χ2n) is 5.61. The van der Waals surface area contributed by atoms with Crippen molar-refractivity contribution in [1.29, 1.82) is 0 Å². The zero-order valence-corrected chi connectivity index (χ0v) is 14.8. The van der Waals surface area contributed by atoms with Gasteiger partial charge in [0.2, 0.25) is 0 Å². The van der Waals surface area contributed by atoms with E-state index in [4.69, 9.17) is 4.74 Å². The van der Waals surface area contributed by atoms with Crippen LogP contribution in [0.3, 0.4) is 0 Å². The second kappa shape index (κ2) is 6.17. The fourth-order valence-corrected chi connectivity index (χ4v) is 3.57. The molecule has 0 aliphatic rings. The Morgan fingerprint density at radius 3 is 2.25 bits per heavy atom. The first-order chi connectivity index (χ1) is 11.8. The first-order valence-electron chi connectivity index (χ1n) is 7.78. The van der Waals surface area contributed by atoms with Gasteiger partial charge in [0.05, 0.1) is 22.9 Å². The highest BCUT2D eigenvalue weighted by Gasteiger charge is 2.14. The normalized spacial score (nSPS) is 10.9. The fourth-order valence-electron chi connectivity index (χ4n) is 3.04. The summed E-state index contributed by atoms with van der Waals surface area (Å²) in [4.78, 5) is 0. The summed E-state index contributed by atoms with van der Waals surface area (Å²) in [7, 11) is 1.69. The Kier molecular flexibility index (Phi) is 3.87. The molecule has 0 aliphatic heterocycles. The van der Waals surface area contributed by atoms with Crippen LogP contribution in [0.25, 0.3) is 27.9 Å². The highest BCUT2D eigenvalue weighted by atomic mass is 79.9. The van der Waals surface area contributed by atoms with E-state index < -0.39 is 0 Å². The Hall–Kier alpha value is -2.52. The van der Waals surface area contributed by atoms with Gasteiger partial charge in [-0.2, -0.15) is 0 Å². The summed E-state index contributed by atoms with van der Waals surface area (Å²) in [6.45, 7) is 0. The van der Waals surface area contributed by atoms with Crippen LogP contribution in [0.4, 0.5) is 0 Å². The highest BCUT2D eigenvalue weighted by molar-refractivity contribution is 9.10. The molecule has 0 bridgehead atoms. The number of aromatic nitrogens is 1. The molecule has 0 saturated carbocycles. The summed E-state index contributed by atoms with van der Waals surface area (Å²) in [5, 5.41) is 0. The number of fused-ring (bicyclic) bond motifs is 1. The van der Waals surface area contributed by atoms with Crippen LogP contribution in [0.15, 0.2) is 83.5 Å². The van der Waals surface area contributed by atoms with Crippen molar-refractivity contribution in [1.82, 2.24) is 4.40 Å². The van der Waals surface area contributed by atoms with Crippen LogP contribution in [-0.4, -0.2) is 11.5 Å². The minimum Gasteiger partial charge on any atom is -0.497 e. The molecule has 0 unspecified atom stereocenters. The third-order valence-electron chi connectivity index (χ3n) is 4.21. The molecule has 2 nitrogen and oxygen atoms in total. The third-order valence-corrected chi connectivity index (χ3v) is 4.83. The molecule has 3 heteroatoms. The van der Waals surface area contributed by atoms with Crippen LogP contribution in [0.2, 0.25) is 0 Å². The maximum Gasteiger partial charge on any atom is 0.118 e. The zero-order chi connectivity index (χ0) is 16.5. The Balaban J connectivity index is 1.98. The molecule has 0 aliphatic carbocycles. The van der Waals surface area contributed by atoms with Gasteiger partial charge in [0.25, 0.3) is 0 Å². The molecule has 2 aromatic heterocycles. The number of hydrogen-bond acceptors (Lipinski definition) is 1. The molecular weight excluding hydrogens is 362 g/mol. The maximum atomic E-state index is 5.27. The average molecular weight is 378 g/mol. The van der Waals surface area contributed by atoms with E-state index in [-0.39, 0.29) is 0 Å². The van der Waals surface area contributed by atoms with Gasteiger partial charge in [-0.25, -0.2) is 0 Å². The number of halogens is 1. The number of methoxy groups -OCH3 is 1. The monoisotopic (exact) mass is 377 g/mol. The van der Waals surface area contributed by atoms with Crippen LogP contribution in [-0.2, 0) is 0 Å². The summed E-state index contributed by atoms with van der Waals surface area (Å²) in [5.41, 5.74) is 5.92. The molecule has 118 valence electrons. The quantitative estimate of drug-likeness (QED) is 0.396. The molecule has 0 atom stereocenters. The number of pyridine rings is 1. The number of hydrogen-bond donors (Lipinski definition) is 0. The summed E-state index contributed by atoms with van der Waals surface area (Å²) in [5.74, 6) is 0.867. The molecule has 0 N–H and O–H groups in total. The van der Waals surface area contributed by atoms with E-state index in [1.54, 1.807) is 7.11 Å². The Morgan fingerprint density at radius 1 is 0.792 bits per heavy atom. The van der Waals surface area contributed by atoms with Crippen molar-refractivity contribution in [2.45, 2.75) is 0 Å². The van der Waals surface area contributed by atoms with E-state index in [1.165, 1.54) is 27.9 Å². The van der Waals surface area contributed by atoms with Gasteiger partial charge in [-0.05, 0) is 57.4 Å². The van der Waals surface area contributed by atoms with Crippen LogP contribution in [0, 0.1) is 0 Å². The first kappa shape index (κ1) is 15.0. The summed E-state index contributed by atoms with van der Waals surface area (Å²) < 4.78 is 8.56. The van der Waals surface area contributed by atoms with Crippen molar-refractivity contribution >= 4 is 21.4 Å².